The molecule has 0 radical (unpaired) electrons. The Bertz CT molecular complexity index is 414. The fourth-order valence-corrected chi connectivity index (χ4v) is 2.43. The highest BCUT2D eigenvalue weighted by Gasteiger charge is 2.25. The Morgan fingerprint density at radius 3 is 2.83 bits per heavy atom. The number of halogens is 2. The molecule has 2 N–H and O–H groups in total. The normalized spacial score (nSPS) is 25.3. The third-order valence-electron chi connectivity index (χ3n) is 3.27. The molecule has 1 aromatic rings. The lowest BCUT2D eigenvalue weighted by Crippen LogP contribution is -2.49. The lowest BCUT2D eigenvalue weighted by atomic mass is 10.1. The van der Waals surface area contributed by atoms with E-state index in [0.717, 1.165) is 25.3 Å². The first-order valence-corrected chi connectivity index (χ1v) is 6.85. The molecule has 0 saturated carbocycles. The van der Waals surface area contributed by atoms with E-state index >= 15 is 0 Å². The summed E-state index contributed by atoms with van der Waals surface area (Å²) in [5.74, 6) is 0. The van der Waals surface area contributed by atoms with E-state index in [0.29, 0.717) is 22.6 Å². The molecule has 0 amide bonds. The van der Waals surface area contributed by atoms with Crippen molar-refractivity contribution in [1.29, 1.82) is 0 Å². The lowest BCUT2D eigenvalue weighted by molar-refractivity contribution is -0.0567. The summed E-state index contributed by atoms with van der Waals surface area (Å²) in [5, 5.41) is 1.20. The molecular weight excluding hydrogens is 271 g/mol. The first-order chi connectivity index (χ1) is 8.60. The largest absolute Gasteiger partial charge is 0.374 e. The molecule has 1 saturated heterocycles. The summed E-state index contributed by atoms with van der Waals surface area (Å²) >= 11 is 11.9. The van der Waals surface area contributed by atoms with Gasteiger partial charge >= 0.3 is 0 Å². The van der Waals surface area contributed by atoms with Crippen molar-refractivity contribution in [3.63, 3.8) is 0 Å². The van der Waals surface area contributed by atoms with Crippen LogP contribution in [0.2, 0.25) is 10.0 Å². The van der Waals surface area contributed by atoms with Crippen molar-refractivity contribution in [2.24, 2.45) is 5.73 Å². The van der Waals surface area contributed by atoms with Crippen LogP contribution in [0.3, 0.4) is 0 Å². The summed E-state index contributed by atoms with van der Waals surface area (Å²) in [4.78, 5) is 2.36. The molecule has 1 aliphatic rings. The third kappa shape index (κ3) is 3.37. The number of rotatable bonds is 3. The van der Waals surface area contributed by atoms with Gasteiger partial charge in [0.2, 0.25) is 0 Å². The van der Waals surface area contributed by atoms with Crippen LogP contribution in [0.25, 0.3) is 0 Å². The van der Waals surface area contributed by atoms with Gasteiger partial charge in [-0.25, -0.2) is 0 Å². The van der Waals surface area contributed by atoms with Crippen molar-refractivity contribution >= 4 is 23.2 Å². The zero-order valence-corrected chi connectivity index (χ0v) is 11.9. The second kappa shape index (κ2) is 6.22. The Kier molecular flexibility index (Phi) is 4.87. The zero-order chi connectivity index (χ0) is 13.1. The minimum Gasteiger partial charge on any atom is -0.374 e. The second-order valence-corrected chi connectivity index (χ2v) is 5.53. The van der Waals surface area contributed by atoms with Crippen molar-refractivity contribution in [2.45, 2.75) is 25.6 Å². The molecule has 3 nitrogen and oxygen atoms in total. The van der Waals surface area contributed by atoms with Gasteiger partial charge in [-0.1, -0.05) is 29.3 Å². The molecule has 1 aliphatic heterocycles. The highest BCUT2D eigenvalue weighted by Crippen LogP contribution is 2.24. The Labute approximate surface area is 118 Å². The van der Waals surface area contributed by atoms with Gasteiger partial charge in [-0.3, -0.25) is 4.90 Å². The van der Waals surface area contributed by atoms with Crippen molar-refractivity contribution in [3.8, 4) is 0 Å². The van der Waals surface area contributed by atoms with Crippen LogP contribution in [-0.4, -0.2) is 36.7 Å². The average Bonchev–Trinajstić information content (AvgIpc) is 2.36. The van der Waals surface area contributed by atoms with Crippen LogP contribution in [0.1, 0.15) is 12.5 Å². The number of nitrogens with zero attached hydrogens (tertiary/aromatic N) is 1. The predicted octanol–water partition coefficient (Wildman–Crippen LogP) is 2.54. The molecular formula is C13H18Cl2N2O. The van der Waals surface area contributed by atoms with Crippen LogP contribution in [0, 0.1) is 0 Å². The molecule has 1 fully saturated rings. The molecule has 100 valence electrons. The monoisotopic (exact) mass is 288 g/mol. The van der Waals surface area contributed by atoms with E-state index in [4.69, 9.17) is 33.7 Å². The van der Waals surface area contributed by atoms with Crippen LogP contribution in [-0.2, 0) is 11.3 Å². The van der Waals surface area contributed by atoms with E-state index in [2.05, 4.69) is 11.8 Å². The highest BCUT2D eigenvalue weighted by molar-refractivity contribution is 6.42. The van der Waals surface area contributed by atoms with Crippen molar-refractivity contribution in [2.75, 3.05) is 19.7 Å². The third-order valence-corrected chi connectivity index (χ3v) is 4.01. The summed E-state index contributed by atoms with van der Waals surface area (Å²) in [5.41, 5.74) is 6.82. The fraction of sp³-hybridized carbons (Fsp3) is 0.538. The van der Waals surface area contributed by atoms with Gasteiger partial charge in [-0.2, -0.15) is 0 Å². The van der Waals surface area contributed by atoms with E-state index in [1.54, 1.807) is 0 Å². The molecule has 18 heavy (non-hydrogen) atoms. The number of morpholine rings is 1. The molecule has 0 unspecified atom stereocenters. The quantitative estimate of drug-likeness (QED) is 0.929. The van der Waals surface area contributed by atoms with E-state index in [-0.39, 0.29) is 6.10 Å². The molecule has 2 rings (SSSR count). The van der Waals surface area contributed by atoms with Crippen molar-refractivity contribution in [1.82, 2.24) is 4.90 Å². The lowest BCUT2D eigenvalue weighted by Gasteiger charge is -2.37. The van der Waals surface area contributed by atoms with Gasteiger partial charge in [0.1, 0.15) is 0 Å². The SMILES string of the molecule is C[C@H]1CO[C@@H](CN)CN1Cc1ccc(Cl)c(Cl)c1. The summed E-state index contributed by atoms with van der Waals surface area (Å²) in [7, 11) is 0. The number of benzene rings is 1. The standard InChI is InChI=1S/C13H18Cl2N2O/c1-9-8-18-11(5-16)7-17(9)6-10-2-3-12(14)13(15)4-10/h2-4,9,11H,5-8,16H2,1H3/t9-,11-/m0/s1. The molecule has 0 aromatic heterocycles. The van der Waals surface area contributed by atoms with Crippen LogP contribution in [0.4, 0.5) is 0 Å². The number of nitrogens with two attached hydrogens (primary N) is 1. The number of hydrogen-bond donors (Lipinski definition) is 1. The van der Waals surface area contributed by atoms with Crippen LogP contribution in [0.15, 0.2) is 18.2 Å². The molecule has 0 bridgehead atoms. The predicted molar refractivity (Wildman–Crippen MR) is 75.1 cm³/mol. The van der Waals surface area contributed by atoms with Gasteiger partial charge in [0.05, 0.1) is 22.8 Å². The number of hydrogen-bond acceptors (Lipinski definition) is 3. The first kappa shape index (κ1) is 14.1. The average molecular weight is 289 g/mol. The molecule has 0 aliphatic carbocycles. The van der Waals surface area contributed by atoms with Gasteiger partial charge in [0, 0.05) is 25.7 Å². The summed E-state index contributed by atoms with van der Waals surface area (Å²) in [6, 6.07) is 6.16. The summed E-state index contributed by atoms with van der Waals surface area (Å²) < 4.78 is 5.64. The Hall–Kier alpha value is -0.320. The van der Waals surface area contributed by atoms with E-state index in [1.807, 2.05) is 18.2 Å². The minimum atomic E-state index is 0.129. The Balaban J connectivity index is 2.04. The van der Waals surface area contributed by atoms with Crippen molar-refractivity contribution < 1.29 is 4.74 Å². The highest BCUT2D eigenvalue weighted by atomic mass is 35.5. The van der Waals surface area contributed by atoms with Crippen LogP contribution in [0.5, 0.6) is 0 Å². The molecule has 1 heterocycles. The topological polar surface area (TPSA) is 38.5 Å². The van der Waals surface area contributed by atoms with Gasteiger partial charge in [0.25, 0.3) is 0 Å². The first-order valence-electron chi connectivity index (χ1n) is 6.09. The summed E-state index contributed by atoms with van der Waals surface area (Å²) in [6.45, 7) is 5.15. The smallest absolute Gasteiger partial charge is 0.0824 e. The maximum absolute atomic E-state index is 6.03. The van der Waals surface area contributed by atoms with Crippen LogP contribution >= 0.6 is 23.2 Å². The maximum atomic E-state index is 6.03. The molecule has 0 spiro atoms. The van der Waals surface area contributed by atoms with Gasteiger partial charge in [0.15, 0.2) is 0 Å². The molecule has 2 atom stereocenters. The summed E-state index contributed by atoms with van der Waals surface area (Å²) in [6.07, 6.45) is 0.129. The number of ether oxygens (including phenoxy) is 1. The van der Waals surface area contributed by atoms with Gasteiger partial charge in [-0.05, 0) is 24.6 Å². The van der Waals surface area contributed by atoms with Crippen molar-refractivity contribution in [3.05, 3.63) is 33.8 Å². The zero-order valence-electron chi connectivity index (χ0n) is 10.4. The minimum absolute atomic E-state index is 0.129. The van der Waals surface area contributed by atoms with Crippen LogP contribution < -0.4 is 5.73 Å². The molecule has 1 aromatic carbocycles. The fourth-order valence-electron chi connectivity index (χ4n) is 2.11. The second-order valence-electron chi connectivity index (χ2n) is 4.72. The molecule has 5 heteroatoms. The van der Waals surface area contributed by atoms with E-state index < -0.39 is 0 Å². The van der Waals surface area contributed by atoms with E-state index in [1.165, 1.54) is 0 Å². The Morgan fingerprint density at radius 2 is 2.17 bits per heavy atom. The Morgan fingerprint density at radius 1 is 1.39 bits per heavy atom. The maximum Gasteiger partial charge on any atom is 0.0824 e. The van der Waals surface area contributed by atoms with E-state index in [9.17, 15) is 0 Å². The van der Waals surface area contributed by atoms with Gasteiger partial charge in [-0.15, -0.1) is 0 Å². The van der Waals surface area contributed by atoms with Gasteiger partial charge < -0.3 is 10.5 Å².